The summed E-state index contributed by atoms with van der Waals surface area (Å²) < 4.78 is 0. The summed E-state index contributed by atoms with van der Waals surface area (Å²) in [7, 11) is 0. The van der Waals surface area contributed by atoms with E-state index < -0.39 is 4.92 Å². The van der Waals surface area contributed by atoms with Crippen molar-refractivity contribution in [3.05, 3.63) is 56.3 Å². The van der Waals surface area contributed by atoms with Crippen molar-refractivity contribution in [2.45, 2.75) is 37.8 Å². The van der Waals surface area contributed by atoms with Crippen molar-refractivity contribution in [3.63, 3.8) is 0 Å². The molecule has 1 saturated heterocycles. The van der Waals surface area contributed by atoms with Crippen LogP contribution in [0.25, 0.3) is 0 Å². The minimum Gasteiger partial charge on any atom is -0.362 e. The molecular formula is C22H27N5O4S. The van der Waals surface area contributed by atoms with Gasteiger partial charge in [0.2, 0.25) is 0 Å². The summed E-state index contributed by atoms with van der Waals surface area (Å²) in [6.07, 6.45) is 3.37. The SMILES string of the molecule is NC1CCC(NC(=O)c2ccc(N3CCN(C(=O)c4cccs4)CC3)c([N+](=O)[O-])c2)CC1. The second-order valence-electron chi connectivity index (χ2n) is 8.30. The molecule has 0 spiro atoms. The number of nitro groups is 1. The molecule has 1 saturated carbocycles. The highest BCUT2D eigenvalue weighted by Crippen LogP contribution is 2.30. The van der Waals surface area contributed by atoms with E-state index in [-0.39, 0.29) is 35.1 Å². The lowest BCUT2D eigenvalue weighted by atomic mass is 9.91. The zero-order valence-electron chi connectivity index (χ0n) is 17.7. The molecule has 0 bridgehead atoms. The standard InChI is InChI=1S/C22H27N5O4S/c23-16-4-6-17(7-5-16)24-21(28)15-3-8-18(19(14-15)27(30)31)25-9-11-26(12-10-25)22(29)20-2-1-13-32-20/h1-3,8,13-14,16-17H,4-7,9-12,23H2,(H,24,28). The third-order valence-corrected chi connectivity index (χ3v) is 7.04. The van der Waals surface area contributed by atoms with Gasteiger partial charge in [0, 0.05) is 49.9 Å². The number of rotatable bonds is 5. The fourth-order valence-electron chi connectivity index (χ4n) is 4.32. The molecule has 0 unspecified atom stereocenters. The number of thiophene rings is 1. The molecule has 0 radical (unpaired) electrons. The van der Waals surface area contributed by atoms with Gasteiger partial charge in [-0.2, -0.15) is 0 Å². The Labute approximate surface area is 190 Å². The Balaban J connectivity index is 1.42. The van der Waals surface area contributed by atoms with Gasteiger partial charge >= 0.3 is 0 Å². The zero-order chi connectivity index (χ0) is 22.7. The first-order valence-electron chi connectivity index (χ1n) is 10.8. The predicted molar refractivity (Wildman–Crippen MR) is 123 cm³/mol. The van der Waals surface area contributed by atoms with Crippen LogP contribution >= 0.6 is 11.3 Å². The molecule has 170 valence electrons. The summed E-state index contributed by atoms with van der Waals surface area (Å²) >= 11 is 1.41. The fourth-order valence-corrected chi connectivity index (χ4v) is 5.01. The van der Waals surface area contributed by atoms with Gasteiger partial charge in [-0.15, -0.1) is 11.3 Å². The highest BCUT2D eigenvalue weighted by molar-refractivity contribution is 7.12. The number of piperazine rings is 1. The number of nitro benzene ring substituents is 1. The largest absolute Gasteiger partial charge is 0.362 e. The van der Waals surface area contributed by atoms with Crippen LogP contribution in [0.2, 0.25) is 0 Å². The van der Waals surface area contributed by atoms with Crippen molar-refractivity contribution in [1.82, 2.24) is 10.2 Å². The van der Waals surface area contributed by atoms with Gasteiger partial charge in [0.05, 0.1) is 9.80 Å². The van der Waals surface area contributed by atoms with Crippen LogP contribution < -0.4 is 16.0 Å². The van der Waals surface area contributed by atoms with Crippen LogP contribution in [0, 0.1) is 10.1 Å². The number of nitrogens with zero attached hydrogens (tertiary/aromatic N) is 3. The molecule has 1 aliphatic carbocycles. The smallest absolute Gasteiger partial charge is 0.293 e. The number of hydrogen-bond donors (Lipinski definition) is 2. The summed E-state index contributed by atoms with van der Waals surface area (Å²) in [5, 5.41) is 16.6. The summed E-state index contributed by atoms with van der Waals surface area (Å²) in [6.45, 7) is 1.96. The first-order chi connectivity index (χ1) is 15.4. The molecule has 2 fully saturated rings. The maximum absolute atomic E-state index is 12.7. The lowest BCUT2D eigenvalue weighted by Crippen LogP contribution is -2.48. The Morgan fingerprint density at radius 1 is 1.09 bits per heavy atom. The normalized spacial score (nSPS) is 21.3. The molecule has 2 aromatic rings. The predicted octanol–water partition coefficient (Wildman–Crippen LogP) is 2.62. The van der Waals surface area contributed by atoms with Crippen molar-refractivity contribution >= 4 is 34.5 Å². The molecule has 3 N–H and O–H groups in total. The topological polar surface area (TPSA) is 122 Å². The maximum atomic E-state index is 12.7. The van der Waals surface area contributed by atoms with E-state index in [0.29, 0.717) is 36.7 Å². The van der Waals surface area contributed by atoms with Gasteiger partial charge in [0.25, 0.3) is 17.5 Å². The van der Waals surface area contributed by atoms with Gasteiger partial charge in [-0.05, 0) is 49.3 Å². The highest BCUT2D eigenvalue weighted by Gasteiger charge is 2.28. The summed E-state index contributed by atoms with van der Waals surface area (Å²) in [5.74, 6) is -0.309. The zero-order valence-corrected chi connectivity index (χ0v) is 18.6. The van der Waals surface area contributed by atoms with Gasteiger partial charge < -0.3 is 20.9 Å². The van der Waals surface area contributed by atoms with Gasteiger partial charge in [-0.1, -0.05) is 6.07 Å². The van der Waals surface area contributed by atoms with Crippen LogP contribution in [0.4, 0.5) is 11.4 Å². The molecule has 9 nitrogen and oxygen atoms in total. The maximum Gasteiger partial charge on any atom is 0.293 e. The number of carbonyl (C=O) groups excluding carboxylic acids is 2. The van der Waals surface area contributed by atoms with E-state index >= 15 is 0 Å². The Bertz CT molecular complexity index is 980. The number of nitrogens with two attached hydrogens (primary N) is 1. The fraction of sp³-hybridized carbons (Fsp3) is 0.455. The van der Waals surface area contributed by atoms with E-state index in [4.69, 9.17) is 5.73 Å². The molecule has 2 aliphatic rings. The lowest BCUT2D eigenvalue weighted by Gasteiger charge is -2.35. The summed E-state index contributed by atoms with van der Waals surface area (Å²) in [6, 6.07) is 8.51. The van der Waals surface area contributed by atoms with Crippen LogP contribution in [0.5, 0.6) is 0 Å². The molecule has 1 aliphatic heterocycles. The monoisotopic (exact) mass is 457 g/mol. The van der Waals surface area contributed by atoms with E-state index in [0.717, 1.165) is 25.7 Å². The number of hydrogen-bond acceptors (Lipinski definition) is 7. The van der Waals surface area contributed by atoms with Crippen molar-refractivity contribution in [2.24, 2.45) is 5.73 Å². The minimum absolute atomic E-state index is 0.00941. The van der Waals surface area contributed by atoms with Crippen molar-refractivity contribution in [1.29, 1.82) is 0 Å². The van der Waals surface area contributed by atoms with Crippen LogP contribution in [-0.4, -0.2) is 59.9 Å². The number of nitrogens with one attached hydrogen (secondary N) is 1. The first-order valence-corrected chi connectivity index (χ1v) is 11.7. The average molecular weight is 458 g/mol. The molecule has 4 rings (SSSR count). The average Bonchev–Trinajstić information content (AvgIpc) is 3.35. The van der Waals surface area contributed by atoms with Crippen molar-refractivity contribution in [2.75, 3.05) is 31.1 Å². The third kappa shape index (κ3) is 4.91. The molecule has 1 aromatic carbocycles. The van der Waals surface area contributed by atoms with E-state index in [1.165, 1.54) is 17.4 Å². The molecule has 2 heterocycles. The van der Waals surface area contributed by atoms with Crippen LogP contribution in [-0.2, 0) is 0 Å². The molecule has 2 amide bonds. The highest BCUT2D eigenvalue weighted by atomic mass is 32.1. The number of carbonyl (C=O) groups is 2. The molecular weight excluding hydrogens is 430 g/mol. The van der Waals surface area contributed by atoms with Crippen LogP contribution in [0.1, 0.15) is 45.7 Å². The van der Waals surface area contributed by atoms with E-state index in [1.54, 1.807) is 23.1 Å². The Kier molecular flexibility index (Phi) is 6.71. The number of anilines is 1. The molecule has 10 heteroatoms. The Hall–Kier alpha value is -2.98. The molecule has 0 atom stereocenters. The second-order valence-corrected chi connectivity index (χ2v) is 9.25. The third-order valence-electron chi connectivity index (χ3n) is 6.18. The van der Waals surface area contributed by atoms with Gasteiger partial charge in [-0.3, -0.25) is 19.7 Å². The van der Waals surface area contributed by atoms with Gasteiger partial charge in [0.15, 0.2) is 0 Å². The summed E-state index contributed by atoms with van der Waals surface area (Å²) in [4.78, 5) is 40.9. The Morgan fingerprint density at radius 3 is 2.44 bits per heavy atom. The number of amides is 2. The molecule has 1 aromatic heterocycles. The number of benzene rings is 1. The van der Waals surface area contributed by atoms with Crippen molar-refractivity contribution < 1.29 is 14.5 Å². The first kappa shape index (κ1) is 22.2. The molecule has 32 heavy (non-hydrogen) atoms. The van der Waals surface area contributed by atoms with E-state index in [1.807, 2.05) is 16.3 Å². The van der Waals surface area contributed by atoms with E-state index in [2.05, 4.69) is 5.32 Å². The van der Waals surface area contributed by atoms with Gasteiger partial charge in [-0.25, -0.2) is 0 Å². The summed E-state index contributed by atoms with van der Waals surface area (Å²) in [5.41, 5.74) is 6.57. The lowest BCUT2D eigenvalue weighted by molar-refractivity contribution is -0.384. The quantitative estimate of drug-likeness (QED) is 0.526. The van der Waals surface area contributed by atoms with Crippen molar-refractivity contribution in [3.8, 4) is 0 Å². The minimum atomic E-state index is -0.449. The van der Waals surface area contributed by atoms with Crippen LogP contribution in [0.15, 0.2) is 35.7 Å². The Morgan fingerprint density at radius 2 is 1.81 bits per heavy atom. The van der Waals surface area contributed by atoms with E-state index in [9.17, 15) is 19.7 Å². The van der Waals surface area contributed by atoms with Gasteiger partial charge in [0.1, 0.15) is 5.69 Å². The second kappa shape index (κ2) is 9.66. The van der Waals surface area contributed by atoms with Crippen LogP contribution in [0.3, 0.4) is 0 Å².